The Morgan fingerprint density at radius 1 is 1.40 bits per heavy atom. The Labute approximate surface area is 91.4 Å². The third-order valence-electron chi connectivity index (χ3n) is 2.07. The molecule has 88 valence electrons. The van der Waals surface area contributed by atoms with Gasteiger partial charge in [-0.2, -0.15) is 0 Å². The van der Waals surface area contributed by atoms with Crippen LogP contribution in [0.1, 0.15) is 41.0 Å². The summed E-state index contributed by atoms with van der Waals surface area (Å²) in [5.41, 5.74) is -0.488. The third kappa shape index (κ3) is 6.94. The third-order valence-corrected chi connectivity index (χ3v) is 2.07. The first-order valence-electron chi connectivity index (χ1n) is 5.19. The molecule has 0 fully saturated rings. The average Bonchev–Trinajstić information content (AvgIpc) is 2.00. The van der Waals surface area contributed by atoms with E-state index in [2.05, 4.69) is 5.32 Å². The van der Waals surface area contributed by atoms with E-state index < -0.39 is 11.7 Å². The number of ether oxygens (including phenoxy) is 1. The highest BCUT2D eigenvalue weighted by Gasteiger charge is 2.19. The molecular formula is C11H21NO3. The second-order valence-corrected chi connectivity index (χ2v) is 4.81. The van der Waals surface area contributed by atoms with Gasteiger partial charge in [0, 0.05) is 12.5 Å². The fourth-order valence-electron chi connectivity index (χ4n) is 0.992. The Bertz CT molecular complexity index is 220. The minimum Gasteiger partial charge on any atom is -0.444 e. The summed E-state index contributed by atoms with van der Waals surface area (Å²) in [6, 6.07) is -0.0648. The molecule has 4 nitrogen and oxygen atoms in total. The molecule has 0 aromatic heterocycles. The zero-order valence-electron chi connectivity index (χ0n) is 10.2. The van der Waals surface area contributed by atoms with Crippen molar-refractivity contribution in [3.8, 4) is 0 Å². The van der Waals surface area contributed by atoms with Crippen molar-refractivity contribution in [2.75, 3.05) is 0 Å². The summed E-state index contributed by atoms with van der Waals surface area (Å²) in [7, 11) is 0. The zero-order valence-corrected chi connectivity index (χ0v) is 10.2. The number of carbonyl (C=O) groups is 2. The Balaban J connectivity index is 4.01. The number of hydrogen-bond donors (Lipinski definition) is 1. The lowest BCUT2D eigenvalue weighted by Gasteiger charge is -2.24. The first kappa shape index (κ1) is 13.9. The van der Waals surface area contributed by atoms with E-state index in [0.29, 0.717) is 6.42 Å². The number of amides is 1. The Morgan fingerprint density at radius 3 is 2.33 bits per heavy atom. The van der Waals surface area contributed by atoms with Crippen LogP contribution in [-0.4, -0.2) is 24.0 Å². The standard InChI is InChI=1S/C11H21NO3/c1-8(6-7-13)9(2)12-10(14)15-11(3,4)5/h7-9H,6H2,1-5H3,(H,12,14)/t8-,9?/m1/s1. The Morgan fingerprint density at radius 2 is 1.93 bits per heavy atom. The maximum Gasteiger partial charge on any atom is 0.407 e. The van der Waals surface area contributed by atoms with Crippen LogP contribution in [0.15, 0.2) is 0 Å². The summed E-state index contributed by atoms with van der Waals surface area (Å²) in [5, 5.41) is 2.70. The predicted octanol–water partition coefficient (Wildman–Crippen LogP) is 2.12. The highest BCUT2D eigenvalue weighted by atomic mass is 16.6. The molecule has 0 spiro atoms. The molecule has 0 heterocycles. The summed E-state index contributed by atoms with van der Waals surface area (Å²) >= 11 is 0. The monoisotopic (exact) mass is 215 g/mol. The van der Waals surface area contributed by atoms with E-state index in [4.69, 9.17) is 4.74 Å². The number of alkyl carbamates (subject to hydrolysis) is 1. The fourth-order valence-corrected chi connectivity index (χ4v) is 0.992. The lowest BCUT2D eigenvalue weighted by Crippen LogP contribution is -2.40. The first-order valence-corrected chi connectivity index (χ1v) is 5.19. The number of nitrogens with one attached hydrogen (secondary N) is 1. The van der Waals surface area contributed by atoms with Crippen molar-refractivity contribution in [2.24, 2.45) is 5.92 Å². The van der Waals surface area contributed by atoms with E-state index in [0.717, 1.165) is 6.29 Å². The van der Waals surface area contributed by atoms with Gasteiger partial charge in [-0.25, -0.2) is 4.79 Å². The van der Waals surface area contributed by atoms with Crippen LogP contribution in [0.2, 0.25) is 0 Å². The molecule has 15 heavy (non-hydrogen) atoms. The number of carbonyl (C=O) groups excluding carboxylic acids is 2. The molecule has 4 heteroatoms. The summed E-state index contributed by atoms with van der Waals surface area (Å²) in [5.74, 6) is 0.120. The number of hydrogen-bond acceptors (Lipinski definition) is 3. The minimum absolute atomic E-state index is 0.0648. The molecule has 0 saturated heterocycles. The highest BCUT2D eigenvalue weighted by Crippen LogP contribution is 2.09. The topological polar surface area (TPSA) is 55.4 Å². The van der Waals surface area contributed by atoms with Crippen molar-refractivity contribution in [2.45, 2.75) is 52.7 Å². The van der Waals surface area contributed by atoms with E-state index in [1.54, 1.807) is 0 Å². The van der Waals surface area contributed by atoms with E-state index in [1.807, 2.05) is 34.6 Å². The van der Waals surface area contributed by atoms with Crippen molar-refractivity contribution in [1.82, 2.24) is 5.32 Å². The maximum absolute atomic E-state index is 11.4. The van der Waals surface area contributed by atoms with Crippen molar-refractivity contribution < 1.29 is 14.3 Å². The molecule has 1 N–H and O–H groups in total. The average molecular weight is 215 g/mol. The van der Waals surface area contributed by atoms with Crippen LogP contribution in [0.25, 0.3) is 0 Å². The molecule has 0 aliphatic carbocycles. The zero-order chi connectivity index (χ0) is 12.1. The van der Waals surface area contributed by atoms with E-state index >= 15 is 0 Å². The smallest absolute Gasteiger partial charge is 0.407 e. The summed E-state index contributed by atoms with van der Waals surface area (Å²) in [6.45, 7) is 9.21. The van der Waals surface area contributed by atoms with Gasteiger partial charge in [-0.1, -0.05) is 6.92 Å². The molecule has 2 atom stereocenters. The van der Waals surface area contributed by atoms with Gasteiger partial charge >= 0.3 is 6.09 Å². The molecule has 0 radical (unpaired) electrons. The normalized spacial score (nSPS) is 15.3. The van der Waals surface area contributed by atoms with Gasteiger partial charge in [0.15, 0.2) is 0 Å². The van der Waals surface area contributed by atoms with Gasteiger partial charge in [-0.3, -0.25) is 0 Å². The summed E-state index contributed by atoms with van der Waals surface area (Å²) in [4.78, 5) is 21.6. The van der Waals surface area contributed by atoms with E-state index in [1.165, 1.54) is 0 Å². The van der Waals surface area contributed by atoms with Gasteiger partial charge in [-0.05, 0) is 33.6 Å². The van der Waals surface area contributed by atoms with Crippen LogP contribution in [0, 0.1) is 5.92 Å². The highest BCUT2D eigenvalue weighted by molar-refractivity contribution is 5.68. The van der Waals surface area contributed by atoms with Crippen LogP contribution >= 0.6 is 0 Å². The van der Waals surface area contributed by atoms with E-state index in [9.17, 15) is 9.59 Å². The van der Waals surface area contributed by atoms with Crippen LogP contribution in [0.4, 0.5) is 4.79 Å². The van der Waals surface area contributed by atoms with Crippen LogP contribution < -0.4 is 5.32 Å². The van der Waals surface area contributed by atoms with Crippen LogP contribution in [0.3, 0.4) is 0 Å². The van der Waals surface area contributed by atoms with Gasteiger partial charge < -0.3 is 14.8 Å². The second kappa shape index (κ2) is 5.73. The number of aldehydes is 1. The minimum atomic E-state index is -0.488. The molecule has 0 aliphatic rings. The van der Waals surface area contributed by atoms with Gasteiger partial charge in [0.25, 0.3) is 0 Å². The summed E-state index contributed by atoms with van der Waals surface area (Å²) < 4.78 is 5.10. The van der Waals surface area contributed by atoms with E-state index in [-0.39, 0.29) is 12.0 Å². The molecule has 1 amide bonds. The van der Waals surface area contributed by atoms with Gasteiger partial charge in [0.05, 0.1) is 0 Å². The predicted molar refractivity (Wildman–Crippen MR) is 58.7 cm³/mol. The second-order valence-electron chi connectivity index (χ2n) is 4.81. The molecule has 0 aliphatic heterocycles. The lowest BCUT2D eigenvalue weighted by atomic mass is 10.0. The molecule has 0 aromatic rings. The maximum atomic E-state index is 11.4. The van der Waals surface area contributed by atoms with Crippen molar-refractivity contribution in [3.05, 3.63) is 0 Å². The molecular weight excluding hydrogens is 194 g/mol. The van der Waals surface area contributed by atoms with Gasteiger partial charge in [0.2, 0.25) is 0 Å². The molecule has 0 rings (SSSR count). The molecule has 0 saturated carbocycles. The van der Waals surface area contributed by atoms with Gasteiger partial charge in [0.1, 0.15) is 11.9 Å². The number of rotatable bonds is 4. The molecule has 0 bridgehead atoms. The largest absolute Gasteiger partial charge is 0.444 e. The molecule has 0 aromatic carbocycles. The fraction of sp³-hybridized carbons (Fsp3) is 0.818. The quantitative estimate of drug-likeness (QED) is 0.731. The van der Waals surface area contributed by atoms with Crippen molar-refractivity contribution in [3.63, 3.8) is 0 Å². The van der Waals surface area contributed by atoms with Gasteiger partial charge in [-0.15, -0.1) is 0 Å². The summed E-state index contributed by atoms with van der Waals surface area (Å²) in [6.07, 6.45) is 0.863. The van der Waals surface area contributed by atoms with Crippen molar-refractivity contribution >= 4 is 12.4 Å². The molecule has 1 unspecified atom stereocenters. The van der Waals surface area contributed by atoms with Crippen LogP contribution in [0.5, 0.6) is 0 Å². The lowest BCUT2D eigenvalue weighted by molar-refractivity contribution is -0.108. The SMILES string of the molecule is CC(NC(=O)OC(C)(C)C)[C@H](C)CC=O. The van der Waals surface area contributed by atoms with Crippen LogP contribution in [-0.2, 0) is 9.53 Å². The first-order chi connectivity index (χ1) is 6.76. The van der Waals surface area contributed by atoms with Crippen molar-refractivity contribution in [1.29, 1.82) is 0 Å². The Hall–Kier alpha value is -1.06. The Kier molecular flexibility index (Phi) is 5.33.